The number of aromatic nitrogens is 2. The van der Waals surface area contributed by atoms with Gasteiger partial charge >= 0.3 is 0 Å². The van der Waals surface area contributed by atoms with Crippen molar-refractivity contribution in [3.05, 3.63) is 65.5 Å². The van der Waals surface area contributed by atoms with Crippen LogP contribution in [0.4, 0.5) is 14.5 Å². The molecule has 0 spiro atoms. The van der Waals surface area contributed by atoms with Crippen molar-refractivity contribution in [2.75, 3.05) is 18.1 Å². The van der Waals surface area contributed by atoms with Gasteiger partial charge in [-0.3, -0.25) is 4.79 Å². The first-order valence-corrected chi connectivity index (χ1v) is 11.6. The number of benzene rings is 1. The number of aliphatic hydroxyl groups is 1. The highest BCUT2D eigenvalue weighted by Crippen LogP contribution is 2.38. The summed E-state index contributed by atoms with van der Waals surface area (Å²) in [6.07, 6.45) is 9.48. The van der Waals surface area contributed by atoms with Gasteiger partial charge < -0.3 is 15.3 Å². The van der Waals surface area contributed by atoms with E-state index >= 15 is 0 Å². The zero-order valence-electron chi connectivity index (χ0n) is 18.4. The average Bonchev–Trinajstić information content (AvgIpc) is 3.48. The first-order valence-electron chi connectivity index (χ1n) is 11.6. The Morgan fingerprint density at radius 1 is 1.15 bits per heavy atom. The Morgan fingerprint density at radius 2 is 1.97 bits per heavy atom. The molecule has 5 rings (SSSR count). The fourth-order valence-corrected chi connectivity index (χ4v) is 5.35. The topological polar surface area (TPSA) is 69.9 Å². The Balaban J connectivity index is 1.45. The summed E-state index contributed by atoms with van der Waals surface area (Å²) in [6.45, 7) is 0.623. The molecule has 6 nitrogen and oxygen atoms in total. The van der Waals surface area contributed by atoms with Gasteiger partial charge in [-0.15, -0.1) is 0 Å². The van der Waals surface area contributed by atoms with Gasteiger partial charge in [-0.2, -0.15) is 5.10 Å². The van der Waals surface area contributed by atoms with Crippen molar-refractivity contribution in [2.24, 2.45) is 0 Å². The van der Waals surface area contributed by atoms with Crippen molar-refractivity contribution in [3.63, 3.8) is 0 Å². The molecule has 8 heteroatoms. The number of halogens is 2. The number of fused-ring (bicyclic) bond motifs is 1. The van der Waals surface area contributed by atoms with Crippen LogP contribution in [0.1, 0.15) is 66.9 Å². The molecule has 1 unspecified atom stereocenters. The van der Waals surface area contributed by atoms with Crippen LogP contribution in [0.25, 0.3) is 5.52 Å². The fraction of sp³-hybridized carbons (Fsp3) is 0.440. The number of rotatable bonds is 5. The van der Waals surface area contributed by atoms with Crippen molar-refractivity contribution in [2.45, 2.75) is 56.5 Å². The second kappa shape index (κ2) is 8.74. The number of nitrogens with one attached hydrogen (secondary N) is 1. The summed E-state index contributed by atoms with van der Waals surface area (Å²) in [7, 11) is 0. The summed E-state index contributed by atoms with van der Waals surface area (Å²) in [5.74, 6) is -1.13. The first-order chi connectivity index (χ1) is 16.0. The van der Waals surface area contributed by atoms with Gasteiger partial charge in [0, 0.05) is 24.0 Å². The Morgan fingerprint density at radius 3 is 2.76 bits per heavy atom. The maximum absolute atomic E-state index is 14.5. The minimum Gasteiger partial charge on any atom is -0.394 e. The molecule has 33 heavy (non-hydrogen) atoms. The third kappa shape index (κ3) is 4.08. The van der Waals surface area contributed by atoms with E-state index in [1.54, 1.807) is 10.7 Å². The molecule has 0 radical (unpaired) electrons. The molecule has 1 atom stereocenters. The molecule has 0 bridgehead atoms. The van der Waals surface area contributed by atoms with Gasteiger partial charge in [-0.25, -0.2) is 13.3 Å². The fourth-order valence-electron chi connectivity index (χ4n) is 5.35. The Hall–Kier alpha value is -3.00. The number of aliphatic hydroxyl groups excluding tert-OH is 1. The number of carbonyl (C=O) groups is 1. The minimum absolute atomic E-state index is 0.0855. The number of hydrogen-bond acceptors (Lipinski definition) is 4. The number of anilines is 1. The number of pyridine rings is 1. The van der Waals surface area contributed by atoms with Gasteiger partial charge in [-0.05, 0) is 56.0 Å². The van der Waals surface area contributed by atoms with Crippen molar-refractivity contribution >= 4 is 17.1 Å². The summed E-state index contributed by atoms with van der Waals surface area (Å²) in [4.78, 5) is 15.2. The zero-order valence-corrected chi connectivity index (χ0v) is 18.4. The molecule has 3 heterocycles. The lowest BCUT2D eigenvalue weighted by Gasteiger charge is -2.36. The number of carbonyl (C=O) groups excluding carboxylic acids is 1. The maximum Gasteiger partial charge on any atom is 0.255 e. The lowest BCUT2D eigenvalue weighted by molar-refractivity contribution is 0.0760. The molecule has 1 aliphatic heterocycles. The third-order valence-electron chi connectivity index (χ3n) is 7.14. The van der Waals surface area contributed by atoms with Crippen LogP contribution in [-0.2, 0) is 0 Å². The molecule has 2 N–H and O–H groups in total. The molecule has 2 aliphatic rings. The normalized spacial score (nSPS) is 20.3. The van der Waals surface area contributed by atoms with Crippen molar-refractivity contribution in [1.82, 2.24) is 14.9 Å². The van der Waals surface area contributed by atoms with Gasteiger partial charge in [0.1, 0.15) is 11.6 Å². The molecule has 1 aliphatic carbocycles. The van der Waals surface area contributed by atoms with Gasteiger partial charge in [0.2, 0.25) is 0 Å². The van der Waals surface area contributed by atoms with E-state index in [-0.39, 0.29) is 18.6 Å². The van der Waals surface area contributed by atoms with Crippen LogP contribution >= 0.6 is 0 Å². The van der Waals surface area contributed by atoms with Gasteiger partial charge in [0.15, 0.2) is 0 Å². The van der Waals surface area contributed by atoms with Gasteiger partial charge in [-0.1, -0.05) is 19.3 Å². The summed E-state index contributed by atoms with van der Waals surface area (Å²) < 4.78 is 30.0. The van der Waals surface area contributed by atoms with Crippen molar-refractivity contribution < 1.29 is 18.7 Å². The van der Waals surface area contributed by atoms with Crippen LogP contribution in [0, 0.1) is 11.6 Å². The van der Waals surface area contributed by atoms with E-state index in [9.17, 15) is 18.7 Å². The Bertz CT molecular complexity index is 1170. The lowest BCUT2D eigenvalue weighted by atomic mass is 9.82. The standard InChI is InChI=1S/C25H28F2N4O2/c26-17-6-7-21(27)19(13-17)22-5-4-11-30(22)18-8-12-31-23(14-18)20(15-28-31)24(33)29-25(16-32)9-2-1-3-10-25/h6-8,12-15,22,32H,1-5,9-11,16H2,(H,29,33). The number of hydrogen-bond donors (Lipinski definition) is 2. The highest BCUT2D eigenvalue weighted by atomic mass is 19.1. The minimum atomic E-state index is -0.587. The molecule has 2 fully saturated rings. The summed E-state index contributed by atoms with van der Waals surface area (Å²) >= 11 is 0. The summed E-state index contributed by atoms with van der Waals surface area (Å²) in [5.41, 5.74) is 1.66. The second-order valence-electron chi connectivity index (χ2n) is 9.24. The van der Waals surface area contributed by atoms with Crippen LogP contribution in [-0.4, -0.2) is 39.3 Å². The van der Waals surface area contributed by atoms with Gasteiger partial charge in [0.05, 0.1) is 35.5 Å². The molecule has 2 aromatic heterocycles. The van der Waals surface area contributed by atoms with Crippen LogP contribution in [0.2, 0.25) is 0 Å². The second-order valence-corrected chi connectivity index (χ2v) is 9.24. The van der Waals surface area contributed by atoms with Crippen LogP contribution in [0.15, 0.2) is 42.7 Å². The average molecular weight is 455 g/mol. The number of nitrogens with zero attached hydrogens (tertiary/aromatic N) is 3. The van der Waals surface area contributed by atoms with E-state index in [0.717, 1.165) is 56.7 Å². The molecule has 1 amide bonds. The molecule has 1 aromatic carbocycles. The predicted molar refractivity (Wildman–Crippen MR) is 121 cm³/mol. The lowest BCUT2D eigenvalue weighted by Crippen LogP contribution is -2.52. The van der Waals surface area contributed by atoms with Crippen molar-refractivity contribution in [3.8, 4) is 0 Å². The third-order valence-corrected chi connectivity index (χ3v) is 7.14. The summed E-state index contributed by atoms with van der Waals surface area (Å²) in [5, 5.41) is 17.4. The van der Waals surface area contributed by atoms with E-state index in [0.29, 0.717) is 23.2 Å². The van der Waals surface area contributed by atoms with Crippen LogP contribution < -0.4 is 10.2 Å². The van der Waals surface area contributed by atoms with E-state index in [2.05, 4.69) is 15.3 Å². The van der Waals surface area contributed by atoms with Crippen LogP contribution in [0.3, 0.4) is 0 Å². The molecular weight excluding hydrogens is 426 g/mol. The summed E-state index contributed by atoms with van der Waals surface area (Å²) in [6, 6.07) is 7.06. The zero-order chi connectivity index (χ0) is 23.0. The Labute approximate surface area is 191 Å². The van der Waals surface area contributed by atoms with Crippen LogP contribution in [0.5, 0.6) is 0 Å². The van der Waals surface area contributed by atoms with Gasteiger partial charge in [0.25, 0.3) is 5.91 Å². The SMILES string of the molecule is O=C(NC1(CO)CCCCC1)c1cnn2ccc(N3CCCC3c3cc(F)ccc3F)cc12. The van der Waals surface area contributed by atoms with E-state index in [1.807, 2.05) is 12.1 Å². The monoisotopic (exact) mass is 454 g/mol. The largest absolute Gasteiger partial charge is 0.394 e. The molecular formula is C25H28F2N4O2. The highest BCUT2D eigenvalue weighted by molar-refractivity contribution is 6.01. The van der Waals surface area contributed by atoms with Crippen molar-refractivity contribution in [1.29, 1.82) is 0 Å². The Kier molecular flexibility index (Phi) is 5.78. The predicted octanol–water partition coefficient (Wildman–Crippen LogP) is 4.38. The first kappa shape index (κ1) is 21.8. The maximum atomic E-state index is 14.5. The van der Waals surface area contributed by atoms with E-state index in [1.165, 1.54) is 18.3 Å². The molecule has 174 valence electrons. The molecule has 1 saturated carbocycles. The highest BCUT2D eigenvalue weighted by Gasteiger charge is 2.34. The molecule has 3 aromatic rings. The quantitative estimate of drug-likeness (QED) is 0.600. The number of amides is 1. The van der Waals surface area contributed by atoms with E-state index in [4.69, 9.17) is 0 Å². The smallest absolute Gasteiger partial charge is 0.255 e. The van der Waals surface area contributed by atoms with E-state index < -0.39 is 17.2 Å². The molecule has 1 saturated heterocycles.